The van der Waals surface area contributed by atoms with Crippen LogP contribution in [-0.4, -0.2) is 20.1 Å². The first-order chi connectivity index (χ1) is 37.9. The van der Waals surface area contributed by atoms with Gasteiger partial charge in [0.1, 0.15) is 57.5 Å². The standard InChI is InChI=1S/C72H74B3NO5/c1-67(2,3)39-19-23-45(24-20-39)76-52-37-56-49(35-46(52)73-47-27-40(68(4,5)6)21-25-54(47)77-59-30-42(70(10,11)12)29-53(76)64(59)73)75-51-36-50-57(38-58(51)81-63-34-44(72(16,17)18)32-61(79-56)66(63)75)80-62-33-43(71(13,14)15)31-60-65(62)74(50)48-28-41(69(7,8)9)22-26-55(48)78-60/h19-38H,1-18H3. The normalized spacial score (nSPS) is 15.2. The van der Waals surface area contributed by atoms with Gasteiger partial charge in [-0.05, 0) is 165 Å². The van der Waals surface area contributed by atoms with Crippen LogP contribution in [0.25, 0.3) is 0 Å². The lowest BCUT2D eigenvalue weighted by molar-refractivity contribution is 0.446. The number of hydrogen-bond donors (Lipinski definition) is 0. The highest BCUT2D eigenvalue weighted by molar-refractivity contribution is 7.02. The molecule has 0 atom stereocenters. The van der Waals surface area contributed by atoms with E-state index >= 15 is 0 Å². The van der Waals surface area contributed by atoms with E-state index in [-0.39, 0.29) is 52.6 Å². The number of nitrogens with zero attached hydrogens (tertiary/aromatic N) is 1. The summed E-state index contributed by atoms with van der Waals surface area (Å²) in [4.78, 5) is 2.49. The Labute approximate surface area is 481 Å². The summed E-state index contributed by atoms with van der Waals surface area (Å²) in [6, 6.07) is 46.1. The maximum absolute atomic E-state index is 7.48. The zero-order valence-electron chi connectivity index (χ0n) is 50.8. The van der Waals surface area contributed by atoms with Gasteiger partial charge in [0.25, 0.3) is 20.1 Å². The Morgan fingerprint density at radius 2 is 0.568 bits per heavy atom. The van der Waals surface area contributed by atoms with Crippen LogP contribution in [0.15, 0.2) is 121 Å². The van der Waals surface area contributed by atoms with E-state index < -0.39 is 0 Å². The van der Waals surface area contributed by atoms with Crippen molar-refractivity contribution >= 4 is 86.4 Å². The number of benzene rings is 8. The number of fused-ring (bicyclic) bond motifs is 12. The highest BCUT2D eigenvalue weighted by atomic mass is 16.5. The van der Waals surface area contributed by atoms with Crippen LogP contribution >= 0.6 is 0 Å². The smallest absolute Gasteiger partial charge is 0.260 e. The summed E-state index contributed by atoms with van der Waals surface area (Å²) in [6.45, 7) is 40.5. The van der Waals surface area contributed by atoms with Crippen LogP contribution in [-0.2, 0) is 32.5 Å². The van der Waals surface area contributed by atoms with Gasteiger partial charge in [0.15, 0.2) is 0 Å². The predicted molar refractivity (Wildman–Crippen MR) is 340 cm³/mol. The second-order valence-corrected chi connectivity index (χ2v) is 30.3. The quantitative estimate of drug-likeness (QED) is 0.153. The van der Waals surface area contributed by atoms with E-state index in [1.54, 1.807) is 0 Å². The van der Waals surface area contributed by atoms with Crippen molar-refractivity contribution < 1.29 is 23.7 Å². The average molecular weight is 1070 g/mol. The third-order valence-electron chi connectivity index (χ3n) is 18.3. The number of ether oxygens (including phenoxy) is 5. The Bertz CT molecular complexity index is 4060. The van der Waals surface area contributed by atoms with Crippen molar-refractivity contribution in [3.05, 3.63) is 155 Å². The van der Waals surface area contributed by atoms with Crippen molar-refractivity contribution in [2.45, 2.75) is 157 Å². The van der Waals surface area contributed by atoms with Gasteiger partial charge < -0.3 is 28.6 Å². The van der Waals surface area contributed by atoms with Crippen molar-refractivity contribution in [3.8, 4) is 57.5 Å². The van der Waals surface area contributed by atoms with E-state index in [0.717, 1.165) is 118 Å². The molecule has 0 N–H and O–H groups in total. The van der Waals surface area contributed by atoms with Gasteiger partial charge in [-0.15, -0.1) is 0 Å². The summed E-state index contributed by atoms with van der Waals surface area (Å²) >= 11 is 0. The summed E-state index contributed by atoms with van der Waals surface area (Å²) in [7, 11) is 0. The van der Waals surface area contributed by atoms with Crippen LogP contribution in [0.3, 0.4) is 0 Å². The summed E-state index contributed by atoms with van der Waals surface area (Å²) in [6.07, 6.45) is 0. The largest absolute Gasteiger partial charge is 0.458 e. The minimum atomic E-state index is -0.250. The fraction of sp³-hybridized carbons (Fsp3) is 0.333. The van der Waals surface area contributed by atoms with Gasteiger partial charge in [-0.3, -0.25) is 0 Å². The molecule has 6 heterocycles. The first-order valence-electron chi connectivity index (χ1n) is 29.4. The van der Waals surface area contributed by atoms with E-state index in [2.05, 4.69) is 251 Å². The lowest BCUT2D eigenvalue weighted by Gasteiger charge is -2.43. The molecule has 6 aliphatic heterocycles. The van der Waals surface area contributed by atoms with Crippen LogP contribution < -0.4 is 77.7 Å². The van der Waals surface area contributed by atoms with Crippen molar-refractivity contribution in [3.63, 3.8) is 0 Å². The molecule has 9 heteroatoms. The molecule has 0 bridgehead atoms. The lowest BCUT2D eigenvalue weighted by Crippen LogP contribution is -2.64. The molecule has 0 spiro atoms. The van der Waals surface area contributed by atoms with Crippen LogP contribution in [0.4, 0.5) is 17.1 Å². The fourth-order valence-electron chi connectivity index (χ4n) is 13.4. The van der Waals surface area contributed by atoms with Crippen molar-refractivity contribution in [2.75, 3.05) is 4.90 Å². The molecule has 6 nitrogen and oxygen atoms in total. The molecule has 81 heavy (non-hydrogen) atoms. The Morgan fingerprint density at radius 3 is 0.975 bits per heavy atom. The van der Waals surface area contributed by atoms with Gasteiger partial charge in [-0.2, -0.15) is 0 Å². The van der Waals surface area contributed by atoms with Crippen molar-refractivity contribution in [1.29, 1.82) is 0 Å². The summed E-state index contributed by atoms with van der Waals surface area (Å²) in [5.74, 6) is 8.41. The summed E-state index contributed by atoms with van der Waals surface area (Å²) in [5, 5.41) is 0. The van der Waals surface area contributed by atoms with Crippen molar-refractivity contribution in [2.24, 2.45) is 0 Å². The molecule has 0 radical (unpaired) electrons. The second-order valence-electron chi connectivity index (χ2n) is 30.3. The molecule has 0 saturated heterocycles. The Hall–Kier alpha value is -7.25. The van der Waals surface area contributed by atoms with Crippen LogP contribution in [0, 0.1) is 0 Å². The van der Waals surface area contributed by atoms with E-state index in [9.17, 15) is 0 Å². The summed E-state index contributed by atoms with van der Waals surface area (Å²) < 4.78 is 36.2. The van der Waals surface area contributed by atoms with Gasteiger partial charge in [-0.25, -0.2) is 0 Å². The maximum atomic E-state index is 7.48. The molecular weight excluding hydrogens is 991 g/mol. The molecule has 6 aliphatic rings. The first-order valence-corrected chi connectivity index (χ1v) is 29.4. The van der Waals surface area contributed by atoms with E-state index in [1.807, 2.05) is 0 Å². The minimum absolute atomic E-state index is 0.0154. The molecule has 8 aromatic rings. The molecule has 0 unspecified atom stereocenters. The third kappa shape index (κ3) is 8.05. The van der Waals surface area contributed by atoms with Gasteiger partial charge in [0.05, 0.1) is 0 Å². The molecule has 0 saturated carbocycles. The van der Waals surface area contributed by atoms with Gasteiger partial charge in [0, 0.05) is 40.1 Å². The number of anilines is 3. The zero-order valence-corrected chi connectivity index (χ0v) is 50.8. The molecule has 8 aromatic carbocycles. The van der Waals surface area contributed by atoms with Gasteiger partial charge in [0.2, 0.25) is 0 Å². The monoisotopic (exact) mass is 1070 g/mol. The molecule has 0 aromatic heterocycles. The maximum Gasteiger partial charge on any atom is 0.260 e. The van der Waals surface area contributed by atoms with Crippen molar-refractivity contribution in [1.82, 2.24) is 0 Å². The number of hydrogen-bond acceptors (Lipinski definition) is 6. The van der Waals surface area contributed by atoms with Gasteiger partial charge in [-0.1, -0.05) is 173 Å². The van der Waals surface area contributed by atoms with Crippen LogP contribution in [0.1, 0.15) is 158 Å². The van der Waals surface area contributed by atoms with E-state index in [0.29, 0.717) is 0 Å². The topological polar surface area (TPSA) is 49.4 Å². The zero-order chi connectivity index (χ0) is 57.2. The Morgan fingerprint density at radius 1 is 0.247 bits per heavy atom. The van der Waals surface area contributed by atoms with Crippen LogP contribution in [0.2, 0.25) is 0 Å². The highest BCUT2D eigenvalue weighted by Crippen LogP contribution is 2.48. The SMILES string of the molecule is CC(C)(C)c1ccc(N2c3cc4c(cc3B3c5cc(C(C)(C)C)ccc5Oc5cc(C(C)(C)C)cc2c53)B2c3cc5c(cc3Oc3cc(C(C)(C)C)cc(c32)O4)Oc2cc(C(C)(C)C)cc3c2B5c2cc(C(C)(C)C)ccc2O3)cc1. The highest BCUT2D eigenvalue weighted by Gasteiger charge is 2.49. The van der Waals surface area contributed by atoms with E-state index in [1.165, 1.54) is 38.6 Å². The minimum Gasteiger partial charge on any atom is -0.458 e. The molecule has 0 amide bonds. The second kappa shape index (κ2) is 16.7. The first kappa shape index (κ1) is 51.9. The summed E-state index contributed by atoms with van der Waals surface area (Å²) in [5.41, 5.74) is 20.1. The number of rotatable bonds is 1. The molecular formula is C72H74B3NO5. The average Bonchev–Trinajstić information content (AvgIpc) is 1.49. The predicted octanol–water partition coefficient (Wildman–Crippen LogP) is 13.3. The van der Waals surface area contributed by atoms with Crippen LogP contribution in [0.5, 0.6) is 57.5 Å². The third-order valence-corrected chi connectivity index (χ3v) is 18.3. The molecule has 14 rings (SSSR count). The van der Waals surface area contributed by atoms with E-state index in [4.69, 9.17) is 23.7 Å². The van der Waals surface area contributed by atoms with Gasteiger partial charge >= 0.3 is 0 Å². The lowest BCUT2D eigenvalue weighted by atomic mass is 9.30. The molecule has 0 aliphatic carbocycles. The Kier molecular flexibility index (Phi) is 10.7. The molecule has 406 valence electrons. The Balaban J connectivity index is 1.05. The molecule has 0 fully saturated rings. The fourth-order valence-corrected chi connectivity index (χ4v) is 13.4.